The van der Waals surface area contributed by atoms with Crippen LogP contribution >= 0.6 is 0 Å². The zero-order valence-electron chi connectivity index (χ0n) is 16.8. The molecule has 28 heavy (non-hydrogen) atoms. The van der Waals surface area contributed by atoms with E-state index in [1.165, 1.54) is 0 Å². The Labute approximate surface area is 164 Å². The molecule has 8 heteroatoms. The highest BCUT2D eigenvalue weighted by Crippen LogP contribution is 2.33. The third-order valence-corrected chi connectivity index (χ3v) is 5.00. The zero-order valence-corrected chi connectivity index (χ0v) is 16.8. The van der Waals surface area contributed by atoms with Gasteiger partial charge in [-0.25, -0.2) is 4.79 Å². The molecule has 8 nitrogen and oxygen atoms in total. The zero-order chi connectivity index (χ0) is 20.5. The number of urea groups is 1. The lowest BCUT2D eigenvalue weighted by atomic mass is 9.91. The lowest BCUT2D eigenvalue weighted by molar-refractivity contribution is -0.139. The van der Waals surface area contributed by atoms with Crippen molar-refractivity contribution in [3.63, 3.8) is 0 Å². The van der Waals surface area contributed by atoms with Crippen LogP contribution in [-0.2, 0) is 16.1 Å². The SMILES string of the molecule is CCN(Cc1ccc2c(c1)OCO2)C(=O)CN1C(=O)NC(C)(CC(C)C)C1=O. The molecule has 2 heterocycles. The Bertz CT molecular complexity index is 794. The standard InChI is InChI=1S/C20H27N3O5/c1-5-22(10-14-6-7-15-16(8-14)28-12-27-15)17(24)11-23-18(25)20(4,9-13(2)3)21-19(23)26/h6-8,13H,5,9-12H2,1-4H3,(H,21,26). The largest absolute Gasteiger partial charge is 0.454 e. The second kappa shape index (κ2) is 7.69. The number of amides is 4. The van der Waals surface area contributed by atoms with Gasteiger partial charge in [-0.2, -0.15) is 0 Å². The summed E-state index contributed by atoms with van der Waals surface area (Å²) in [6.45, 7) is 8.29. The van der Waals surface area contributed by atoms with Crippen LogP contribution in [0.2, 0.25) is 0 Å². The molecule has 0 saturated carbocycles. The topological polar surface area (TPSA) is 88.2 Å². The fraction of sp³-hybridized carbons (Fsp3) is 0.550. The summed E-state index contributed by atoms with van der Waals surface area (Å²) in [6, 6.07) is 5.01. The molecule has 2 aliphatic rings. The first-order valence-corrected chi connectivity index (χ1v) is 9.54. The van der Waals surface area contributed by atoms with Gasteiger partial charge in [0.15, 0.2) is 11.5 Å². The fourth-order valence-corrected chi connectivity index (χ4v) is 3.72. The van der Waals surface area contributed by atoms with Crippen molar-refractivity contribution in [2.45, 2.75) is 46.2 Å². The van der Waals surface area contributed by atoms with Gasteiger partial charge in [-0.05, 0) is 43.9 Å². The Kier molecular flexibility index (Phi) is 5.49. The van der Waals surface area contributed by atoms with E-state index < -0.39 is 11.6 Å². The summed E-state index contributed by atoms with van der Waals surface area (Å²) in [6.07, 6.45) is 0.525. The average Bonchev–Trinajstić information content (AvgIpc) is 3.17. The Morgan fingerprint density at radius 3 is 2.68 bits per heavy atom. The highest BCUT2D eigenvalue weighted by Gasteiger charge is 2.48. The number of benzene rings is 1. The smallest absolute Gasteiger partial charge is 0.325 e. The summed E-state index contributed by atoms with van der Waals surface area (Å²) in [4.78, 5) is 40.5. The number of nitrogens with zero attached hydrogens (tertiary/aromatic N) is 2. The minimum atomic E-state index is -0.958. The number of fused-ring (bicyclic) bond motifs is 1. The van der Waals surface area contributed by atoms with Crippen LogP contribution in [0.5, 0.6) is 11.5 Å². The van der Waals surface area contributed by atoms with Gasteiger partial charge in [0.25, 0.3) is 5.91 Å². The van der Waals surface area contributed by atoms with Gasteiger partial charge >= 0.3 is 6.03 Å². The van der Waals surface area contributed by atoms with Crippen LogP contribution in [0.25, 0.3) is 0 Å². The van der Waals surface area contributed by atoms with Crippen molar-refractivity contribution in [2.24, 2.45) is 5.92 Å². The maximum absolute atomic E-state index is 12.8. The van der Waals surface area contributed by atoms with Crippen LogP contribution in [-0.4, -0.2) is 53.1 Å². The molecule has 1 N–H and O–H groups in total. The van der Waals surface area contributed by atoms with Crippen molar-refractivity contribution in [3.8, 4) is 11.5 Å². The summed E-state index contributed by atoms with van der Waals surface area (Å²) in [5.74, 6) is 0.945. The lowest BCUT2D eigenvalue weighted by Gasteiger charge is -2.25. The van der Waals surface area contributed by atoms with Crippen molar-refractivity contribution in [3.05, 3.63) is 23.8 Å². The summed E-state index contributed by atoms with van der Waals surface area (Å²) in [5.41, 5.74) is -0.0683. The quantitative estimate of drug-likeness (QED) is 0.722. The van der Waals surface area contributed by atoms with E-state index in [1.54, 1.807) is 11.8 Å². The second-order valence-electron chi connectivity index (χ2n) is 7.85. The molecule has 1 atom stereocenters. The van der Waals surface area contributed by atoms with Crippen LogP contribution in [0.1, 0.15) is 39.7 Å². The Hall–Kier alpha value is -2.77. The fourth-order valence-electron chi connectivity index (χ4n) is 3.72. The van der Waals surface area contributed by atoms with E-state index in [9.17, 15) is 14.4 Å². The minimum Gasteiger partial charge on any atom is -0.454 e. The molecule has 3 rings (SSSR count). The number of ether oxygens (including phenoxy) is 2. The average molecular weight is 389 g/mol. The van der Waals surface area contributed by atoms with Crippen molar-refractivity contribution in [1.29, 1.82) is 0 Å². The minimum absolute atomic E-state index is 0.191. The van der Waals surface area contributed by atoms with Crippen LogP contribution < -0.4 is 14.8 Å². The van der Waals surface area contributed by atoms with Gasteiger partial charge in [0, 0.05) is 13.1 Å². The van der Waals surface area contributed by atoms with Gasteiger partial charge < -0.3 is 19.7 Å². The number of likely N-dealkylation sites (N-methyl/N-ethyl adjacent to an activating group) is 1. The summed E-state index contributed by atoms with van der Waals surface area (Å²) < 4.78 is 10.7. The molecule has 2 aliphatic heterocycles. The highest BCUT2D eigenvalue weighted by molar-refractivity contribution is 6.08. The molecule has 4 amide bonds. The van der Waals surface area contributed by atoms with Crippen molar-refractivity contribution >= 4 is 17.8 Å². The third-order valence-electron chi connectivity index (χ3n) is 5.00. The summed E-state index contributed by atoms with van der Waals surface area (Å²) in [7, 11) is 0. The van der Waals surface area contributed by atoms with Crippen LogP contribution in [0.4, 0.5) is 4.79 Å². The Balaban J connectivity index is 1.67. The van der Waals surface area contributed by atoms with E-state index in [2.05, 4.69) is 5.32 Å². The van der Waals surface area contributed by atoms with Crippen LogP contribution in [0.3, 0.4) is 0 Å². The predicted molar refractivity (Wildman–Crippen MR) is 102 cm³/mol. The molecule has 1 unspecified atom stereocenters. The van der Waals surface area contributed by atoms with Gasteiger partial charge in [-0.1, -0.05) is 19.9 Å². The molecule has 0 aromatic heterocycles. The molecule has 1 fully saturated rings. The van der Waals surface area contributed by atoms with Crippen molar-refractivity contribution < 1.29 is 23.9 Å². The van der Waals surface area contributed by atoms with Crippen LogP contribution in [0.15, 0.2) is 18.2 Å². The highest BCUT2D eigenvalue weighted by atomic mass is 16.7. The summed E-state index contributed by atoms with van der Waals surface area (Å²) >= 11 is 0. The number of carbonyl (C=O) groups is 3. The molecule has 0 bridgehead atoms. The first-order valence-electron chi connectivity index (χ1n) is 9.54. The van der Waals surface area contributed by atoms with Crippen LogP contribution in [0, 0.1) is 5.92 Å². The normalized spacial score (nSPS) is 20.7. The third kappa shape index (κ3) is 3.90. The Morgan fingerprint density at radius 1 is 1.29 bits per heavy atom. The van der Waals surface area contributed by atoms with E-state index in [1.807, 2.05) is 39.0 Å². The molecule has 0 spiro atoms. The number of hydrogen-bond donors (Lipinski definition) is 1. The van der Waals surface area contributed by atoms with Crippen molar-refractivity contribution in [1.82, 2.24) is 15.1 Å². The Morgan fingerprint density at radius 2 is 2.00 bits per heavy atom. The lowest BCUT2D eigenvalue weighted by Crippen LogP contribution is -2.46. The van der Waals surface area contributed by atoms with E-state index in [-0.39, 0.29) is 31.1 Å². The van der Waals surface area contributed by atoms with E-state index in [0.717, 1.165) is 10.5 Å². The summed E-state index contributed by atoms with van der Waals surface area (Å²) in [5, 5.41) is 2.74. The molecule has 1 aromatic carbocycles. The molecular weight excluding hydrogens is 362 g/mol. The molecule has 152 valence electrons. The predicted octanol–water partition coefficient (Wildman–Crippen LogP) is 2.12. The van der Waals surface area contributed by atoms with E-state index >= 15 is 0 Å². The molecule has 0 radical (unpaired) electrons. The number of imide groups is 1. The van der Waals surface area contributed by atoms with Gasteiger partial charge in [0.05, 0.1) is 0 Å². The first kappa shape index (κ1) is 20.0. The van der Waals surface area contributed by atoms with E-state index in [4.69, 9.17) is 9.47 Å². The monoisotopic (exact) mass is 389 g/mol. The maximum Gasteiger partial charge on any atom is 0.325 e. The molecule has 0 aliphatic carbocycles. The van der Waals surface area contributed by atoms with E-state index in [0.29, 0.717) is 31.0 Å². The van der Waals surface area contributed by atoms with Gasteiger partial charge in [-0.15, -0.1) is 0 Å². The molecule has 1 saturated heterocycles. The molecule has 1 aromatic rings. The van der Waals surface area contributed by atoms with Crippen molar-refractivity contribution in [2.75, 3.05) is 19.9 Å². The maximum atomic E-state index is 12.8. The second-order valence-corrected chi connectivity index (χ2v) is 7.85. The number of carbonyl (C=O) groups excluding carboxylic acids is 3. The first-order chi connectivity index (χ1) is 13.2. The number of hydrogen-bond acceptors (Lipinski definition) is 5. The number of rotatable bonds is 7. The molecular formula is C20H27N3O5. The van der Waals surface area contributed by atoms with Gasteiger partial charge in [0.1, 0.15) is 12.1 Å². The van der Waals surface area contributed by atoms with Gasteiger partial charge in [0.2, 0.25) is 12.7 Å². The van der Waals surface area contributed by atoms with Gasteiger partial charge in [-0.3, -0.25) is 14.5 Å². The number of nitrogens with one attached hydrogen (secondary N) is 1.